The van der Waals surface area contributed by atoms with Crippen LogP contribution in [0.25, 0.3) is 11.1 Å². The Kier molecular flexibility index (Phi) is 5.05. The van der Waals surface area contributed by atoms with E-state index in [4.69, 9.17) is 0 Å². The summed E-state index contributed by atoms with van der Waals surface area (Å²) < 4.78 is 25.6. The quantitative estimate of drug-likeness (QED) is 0.780. The van der Waals surface area contributed by atoms with Gasteiger partial charge in [-0.2, -0.15) is 5.10 Å². The SMILES string of the molecule is CC(=O)N1c2ccc(-c3cnn([C@H]4CCCS(=O)(=O)C4)c3)cc2N(C(=O)O)C[C@@H]1C. The van der Waals surface area contributed by atoms with E-state index in [1.807, 2.05) is 13.0 Å². The lowest BCUT2D eigenvalue weighted by atomic mass is 10.0. The molecule has 3 heterocycles. The van der Waals surface area contributed by atoms with Crippen molar-refractivity contribution in [1.82, 2.24) is 9.78 Å². The Balaban J connectivity index is 1.70. The Labute approximate surface area is 174 Å². The van der Waals surface area contributed by atoms with Crippen LogP contribution in [0.1, 0.15) is 32.7 Å². The van der Waals surface area contributed by atoms with Crippen LogP contribution in [-0.4, -0.2) is 59.4 Å². The topological polar surface area (TPSA) is 113 Å². The third-order valence-electron chi connectivity index (χ3n) is 5.73. The number of amides is 2. The number of aromatic nitrogens is 2. The summed E-state index contributed by atoms with van der Waals surface area (Å²) in [6, 6.07) is 4.85. The molecule has 30 heavy (non-hydrogen) atoms. The Morgan fingerprint density at radius 1 is 1.20 bits per heavy atom. The van der Waals surface area contributed by atoms with Gasteiger partial charge in [0.05, 0.1) is 41.2 Å². The van der Waals surface area contributed by atoms with Crippen LogP contribution in [0.4, 0.5) is 16.2 Å². The summed E-state index contributed by atoms with van der Waals surface area (Å²) in [6.07, 6.45) is 3.75. The Morgan fingerprint density at radius 2 is 1.97 bits per heavy atom. The second kappa shape index (κ2) is 7.42. The molecule has 1 aromatic carbocycles. The van der Waals surface area contributed by atoms with Gasteiger partial charge in [0.15, 0.2) is 9.84 Å². The first-order valence-electron chi connectivity index (χ1n) is 9.85. The summed E-state index contributed by atoms with van der Waals surface area (Å²) in [6.45, 7) is 3.47. The van der Waals surface area contributed by atoms with Crippen LogP contribution in [0.3, 0.4) is 0 Å². The van der Waals surface area contributed by atoms with Crippen LogP contribution in [0, 0.1) is 0 Å². The van der Waals surface area contributed by atoms with Crippen LogP contribution in [0.2, 0.25) is 0 Å². The molecule has 9 nitrogen and oxygen atoms in total. The summed E-state index contributed by atoms with van der Waals surface area (Å²) in [7, 11) is -3.05. The maximum Gasteiger partial charge on any atom is 0.411 e. The van der Waals surface area contributed by atoms with Crippen molar-refractivity contribution in [3.05, 3.63) is 30.6 Å². The van der Waals surface area contributed by atoms with Crippen molar-refractivity contribution in [3.8, 4) is 11.1 Å². The van der Waals surface area contributed by atoms with E-state index in [-0.39, 0.29) is 36.0 Å². The molecule has 4 rings (SSSR count). The number of anilines is 2. The molecule has 1 aromatic heterocycles. The van der Waals surface area contributed by atoms with Gasteiger partial charge < -0.3 is 10.0 Å². The summed E-state index contributed by atoms with van der Waals surface area (Å²) >= 11 is 0. The van der Waals surface area contributed by atoms with Gasteiger partial charge in [-0.3, -0.25) is 14.4 Å². The van der Waals surface area contributed by atoms with Crippen molar-refractivity contribution >= 4 is 33.2 Å². The Hall–Kier alpha value is -2.88. The molecule has 0 unspecified atom stereocenters. The van der Waals surface area contributed by atoms with Crippen molar-refractivity contribution < 1.29 is 23.1 Å². The first-order valence-corrected chi connectivity index (χ1v) is 11.7. The molecule has 2 amide bonds. The average Bonchev–Trinajstić information content (AvgIpc) is 3.16. The third kappa shape index (κ3) is 3.67. The van der Waals surface area contributed by atoms with Gasteiger partial charge in [0.1, 0.15) is 0 Å². The molecule has 160 valence electrons. The summed E-state index contributed by atoms with van der Waals surface area (Å²) in [4.78, 5) is 26.8. The molecule has 0 saturated carbocycles. The Bertz CT molecular complexity index is 1110. The van der Waals surface area contributed by atoms with E-state index in [1.165, 1.54) is 11.8 Å². The fourth-order valence-electron chi connectivity index (χ4n) is 4.36. The fourth-order valence-corrected chi connectivity index (χ4v) is 6.04. The van der Waals surface area contributed by atoms with Gasteiger partial charge in [0.2, 0.25) is 5.91 Å². The second-order valence-corrected chi connectivity index (χ2v) is 10.2. The molecule has 1 fully saturated rings. The number of carbonyl (C=O) groups excluding carboxylic acids is 1. The maximum absolute atomic E-state index is 12.1. The number of carbonyl (C=O) groups is 2. The number of nitrogens with zero attached hydrogens (tertiary/aromatic N) is 4. The zero-order chi connectivity index (χ0) is 21.6. The van der Waals surface area contributed by atoms with E-state index >= 15 is 0 Å². The molecular formula is C20H24N4O5S. The fraction of sp³-hybridized carbons (Fsp3) is 0.450. The number of fused-ring (bicyclic) bond motifs is 1. The van der Waals surface area contributed by atoms with Gasteiger partial charge in [0, 0.05) is 25.2 Å². The van der Waals surface area contributed by atoms with Crippen molar-refractivity contribution in [1.29, 1.82) is 0 Å². The molecule has 0 spiro atoms. The number of benzene rings is 1. The van der Waals surface area contributed by atoms with Crippen LogP contribution in [0.5, 0.6) is 0 Å². The number of sulfone groups is 1. The molecule has 10 heteroatoms. The van der Waals surface area contributed by atoms with Gasteiger partial charge in [-0.05, 0) is 37.5 Å². The summed E-state index contributed by atoms with van der Waals surface area (Å²) in [5.41, 5.74) is 2.52. The lowest BCUT2D eigenvalue weighted by molar-refractivity contribution is -0.117. The molecule has 0 bridgehead atoms. The zero-order valence-electron chi connectivity index (χ0n) is 16.9. The average molecular weight is 433 g/mol. The highest BCUT2D eigenvalue weighted by Crippen LogP contribution is 2.39. The summed E-state index contributed by atoms with van der Waals surface area (Å²) in [5.74, 6) is 0.155. The van der Waals surface area contributed by atoms with E-state index in [2.05, 4.69) is 5.10 Å². The molecule has 1 saturated heterocycles. The molecule has 2 aliphatic heterocycles. The molecule has 2 aromatic rings. The maximum atomic E-state index is 12.1. The minimum absolute atomic E-state index is 0.0799. The molecule has 1 N–H and O–H groups in total. The van der Waals surface area contributed by atoms with E-state index in [1.54, 1.807) is 34.1 Å². The molecular weight excluding hydrogens is 408 g/mol. The number of hydrogen-bond donors (Lipinski definition) is 1. The van der Waals surface area contributed by atoms with Crippen molar-refractivity contribution in [2.45, 2.75) is 38.8 Å². The number of carboxylic acid groups (broad SMARTS) is 1. The highest BCUT2D eigenvalue weighted by Gasteiger charge is 2.34. The monoisotopic (exact) mass is 432 g/mol. The Morgan fingerprint density at radius 3 is 2.63 bits per heavy atom. The predicted molar refractivity (Wildman–Crippen MR) is 113 cm³/mol. The van der Waals surface area contributed by atoms with E-state index in [0.717, 1.165) is 17.5 Å². The standard InChI is InChI=1S/C20H24N4O5S/c1-13-10-22(20(26)27)19-8-15(5-6-18(19)24(13)14(2)25)16-9-21-23(11-16)17-4-3-7-30(28,29)12-17/h5-6,8-9,11,13,17H,3-4,7,10,12H2,1-2H3,(H,26,27)/t13-,17-/m0/s1. The van der Waals surface area contributed by atoms with Crippen LogP contribution in [-0.2, 0) is 14.6 Å². The van der Waals surface area contributed by atoms with Gasteiger partial charge in [-0.1, -0.05) is 6.07 Å². The van der Waals surface area contributed by atoms with Gasteiger partial charge in [-0.15, -0.1) is 0 Å². The van der Waals surface area contributed by atoms with Crippen LogP contribution < -0.4 is 9.80 Å². The minimum atomic E-state index is -3.05. The first kappa shape index (κ1) is 20.4. The smallest absolute Gasteiger partial charge is 0.411 e. The molecule has 2 atom stereocenters. The predicted octanol–water partition coefficient (Wildman–Crippen LogP) is 2.54. The van der Waals surface area contributed by atoms with Crippen LogP contribution in [0.15, 0.2) is 30.6 Å². The van der Waals surface area contributed by atoms with E-state index in [9.17, 15) is 23.1 Å². The van der Waals surface area contributed by atoms with Gasteiger partial charge in [0.25, 0.3) is 0 Å². The zero-order valence-corrected chi connectivity index (χ0v) is 17.7. The first-order chi connectivity index (χ1) is 14.2. The number of rotatable bonds is 2. The van der Waals surface area contributed by atoms with E-state index in [0.29, 0.717) is 17.8 Å². The lowest BCUT2D eigenvalue weighted by Crippen LogP contribution is -2.51. The summed E-state index contributed by atoms with van der Waals surface area (Å²) in [5, 5.41) is 14.0. The van der Waals surface area contributed by atoms with Crippen molar-refractivity contribution in [2.24, 2.45) is 0 Å². The van der Waals surface area contributed by atoms with Crippen LogP contribution >= 0.6 is 0 Å². The highest BCUT2D eigenvalue weighted by molar-refractivity contribution is 7.91. The van der Waals surface area contributed by atoms with Crippen molar-refractivity contribution in [3.63, 3.8) is 0 Å². The largest absolute Gasteiger partial charge is 0.465 e. The van der Waals surface area contributed by atoms with Gasteiger partial charge in [-0.25, -0.2) is 13.2 Å². The highest BCUT2D eigenvalue weighted by atomic mass is 32.2. The normalized spacial score (nSPS) is 23.1. The minimum Gasteiger partial charge on any atom is -0.465 e. The molecule has 0 aliphatic carbocycles. The third-order valence-corrected chi connectivity index (χ3v) is 7.53. The molecule has 0 radical (unpaired) electrons. The van der Waals surface area contributed by atoms with E-state index < -0.39 is 15.9 Å². The molecule has 2 aliphatic rings. The van der Waals surface area contributed by atoms with Gasteiger partial charge >= 0.3 is 6.09 Å². The lowest BCUT2D eigenvalue weighted by Gasteiger charge is -2.39. The number of hydrogen-bond acceptors (Lipinski definition) is 5. The van der Waals surface area contributed by atoms with Crippen molar-refractivity contribution in [2.75, 3.05) is 27.9 Å². The second-order valence-electron chi connectivity index (χ2n) is 7.95.